The van der Waals surface area contributed by atoms with Gasteiger partial charge in [-0.2, -0.15) is 0 Å². The first-order valence-electron chi connectivity index (χ1n) is 7.88. The molecule has 0 fully saturated rings. The highest BCUT2D eigenvalue weighted by atomic mass is 35.5. The molecule has 0 aliphatic heterocycles. The van der Waals surface area contributed by atoms with Gasteiger partial charge in [0.05, 0.1) is 23.0 Å². The van der Waals surface area contributed by atoms with E-state index in [4.69, 9.17) is 11.6 Å². The number of nitrogens with zero attached hydrogens (tertiary/aromatic N) is 1. The molecule has 0 amide bonds. The first-order chi connectivity index (χ1) is 12.0. The number of hydrogen-bond acceptors (Lipinski definition) is 3. The molecular weight excluding hydrogens is 358 g/mol. The minimum atomic E-state index is -3.75. The Labute approximate surface area is 152 Å². The van der Waals surface area contributed by atoms with Gasteiger partial charge in [0.1, 0.15) is 10.7 Å². The molecule has 2 aromatic carbocycles. The second kappa shape index (κ2) is 7.39. The van der Waals surface area contributed by atoms with Crippen LogP contribution in [0.25, 0.3) is 11.3 Å². The molecule has 0 aliphatic rings. The number of sulfonamides is 1. The Morgan fingerprint density at radius 2 is 1.80 bits per heavy atom. The van der Waals surface area contributed by atoms with E-state index in [0.717, 1.165) is 11.3 Å². The summed E-state index contributed by atoms with van der Waals surface area (Å²) >= 11 is 6.02. The Balaban J connectivity index is 1.86. The maximum absolute atomic E-state index is 12.6. The summed E-state index contributed by atoms with van der Waals surface area (Å²) in [5.41, 5.74) is 1.83. The third kappa shape index (κ3) is 3.92. The van der Waals surface area contributed by atoms with Crippen molar-refractivity contribution in [2.45, 2.75) is 24.3 Å². The number of hydrogen-bond donors (Lipinski definition) is 2. The molecule has 0 spiro atoms. The first-order valence-corrected chi connectivity index (χ1v) is 9.74. The van der Waals surface area contributed by atoms with Crippen LogP contribution in [-0.4, -0.2) is 18.4 Å². The second-order valence-corrected chi connectivity index (χ2v) is 7.65. The molecule has 0 saturated heterocycles. The third-order valence-corrected chi connectivity index (χ3v) is 5.81. The first kappa shape index (κ1) is 17.7. The van der Waals surface area contributed by atoms with Crippen molar-refractivity contribution < 1.29 is 8.42 Å². The molecule has 5 nitrogen and oxygen atoms in total. The predicted molar refractivity (Wildman–Crippen MR) is 98.8 cm³/mol. The van der Waals surface area contributed by atoms with Crippen molar-refractivity contribution >= 4 is 21.6 Å². The summed E-state index contributed by atoms with van der Waals surface area (Å²) in [6.45, 7) is 1.89. The van der Waals surface area contributed by atoms with Gasteiger partial charge in [-0.3, -0.25) is 0 Å². The SMILES string of the molecule is CCC(NS(=O)(=O)c1ccccc1Cl)c1ncc(-c2ccccc2)[nH]1. The number of aromatic amines is 1. The molecule has 1 heterocycles. The van der Waals surface area contributed by atoms with Gasteiger partial charge in [0.15, 0.2) is 0 Å². The maximum atomic E-state index is 12.6. The summed E-state index contributed by atoms with van der Waals surface area (Å²) in [4.78, 5) is 7.61. The molecule has 3 rings (SSSR count). The number of aromatic nitrogens is 2. The predicted octanol–water partition coefficient (Wildman–Crippen LogP) is 4.16. The van der Waals surface area contributed by atoms with Gasteiger partial charge in [0, 0.05) is 0 Å². The maximum Gasteiger partial charge on any atom is 0.242 e. The summed E-state index contributed by atoms with van der Waals surface area (Å²) in [6, 6.07) is 15.6. The van der Waals surface area contributed by atoms with Crippen LogP contribution in [-0.2, 0) is 10.0 Å². The molecule has 0 bridgehead atoms. The Morgan fingerprint density at radius 1 is 1.12 bits per heavy atom. The van der Waals surface area contributed by atoms with Crippen LogP contribution in [0.4, 0.5) is 0 Å². The Kier molecular flexibility index (Phi) is 5.22. The largest absolute Gasteiger partial charge is 0.341 e. The summed E-state index contributed by atoms with van der Waals surface area (Å²) in [5, 5.41) is 0.189. The van der Waals surface area contributed by atoms with Gasteiger partial charge >= 0.3 is 0 Å². The van der Waals surface area contributed by atoms with E-state index in [2.05, 4.69) is 14.7 Å². The molecule has 1 atom stereocenters. The number of halogens is 1. The molecule has 1 unspecified atom stereocenters. The van der Waals surface area contributed by atoms with Gasteiger partial charge in [0.2, 0.25) is 10.0 Å². The van der Waals surface area contributed by atoms with E-state index in [-0.39, 0.29) is 9.92 Å². The summed E-state index contributed by atoms with van der Waals surface area (Å²) in [6.07, 6.45) is 2.25. The standard InChI is InChI=1S/C18H18ClN3O2S/c1-2-15(22-25(23,24)17-11-7-6-10-14(17)19)18-20-12-16(21-18)13-8-4-3-5-9-13/h3-12,15,22H,2H2,1H3,(H,20,21). The number of benzene rings is 2. The lowest BCUT2D eigenvalue weighted by Gasteiger charge is -2.15. The highest BCUT2D eigenvalue weighted by Gasteiger charge is 2.24. The van der Waals surface area contributed by atoms with E-state index < -0.39 is 16.1 Å². The molecule has 130 valence electrons. The molecule has 3 aromatic rings. The number of imidazole rings is 1. The van der Waals surface area contributed by atoms with Crippen LogP contribution < -0.4 is 4.72 Å². The minimum Gasteiger partial charge on any atom is -0.341 e. The molecule has 2 N–H and O–H groups in total. The van der Waals surface area contributed by atoms with Crippen molar-refractivity contribution in [3.63, 3.8) is 0 Å². The van der Waals surface area contributed by atoms with Crippen LogP contribution in [0.1, 0.15) is 25.2 Å². The fourth-order valence-electron chi connectivity index (χ4n) is 2.52. The molecule has 1 aromatic heterocycles. The van der Waals surface area contributed by atoms with E-state index >= 15 is 0 Å². The molecule has 25 heavy (non-hydrogen) atoms. The fourth-order valence-corrected chi connectivity index (χ4v) is 4.33. The average molecular weight is 376 g/mol. The zero-order chi connectivity index (χ0) is 17.9. The van der Waals surface area contributed by atoms with Crippen molar-refractivity contribution in [3.05, 3.63) is 71.6 Å². The molecule has 0 radical (unpaired) electrons. The normalized spacial score (nSPS) is 12.9. The average Bonchev–Trinajstić information content (AvgIpc) is 3.11. The Bertz CT molecular complexity index is 955. The minimum absolute atomic E-state index is 0.0601. The topological polar surface area (TPSA) is 74.8 Å². The lowest BCUT2D eigenvalue weighted by molar-refractivity contribution is 0.539. The third-order valence-electron chi connectivity index (χ3n) is 3.84. The van der Waals surface area contributed by atoms with Crippen LogP contribution in [0.15, 0.2) is 65.7 Å². The van der Waals surface area contributed by atoms with Crippen LogP contribution >= 0.6 is 11.6 Å². The van der Waals surface area contributed by atoms with Crippen molar-refractivity contribution in [1.82, 2.24) is 14.7 Å². The summed E-state index contributed by atoms with van der Waals surface area (Å²) in [5.74, 6) is 0.567. The number of H-pyrrole nitrogens is 1. The summed E-state index contributed by atoms with van der Waals surface area (Å²) in [7, 11) is -3.75. The van der Waals surface area contributed by atoms with E-state index in [1.165, 1.54) is 6.07 Å². The fraction of sp³-hybridized carbons (Fsp3) is 0.167. The highest BCUT2D eigenvalue weighted by molar-refractivity contribution is 7.89. The van der Waals surface area contributed by atoms with Gasteiger partial charge in [-0.1, -0.05) is 61.0 Å². The lowest BCUT2D eigenvalue weighted by Crippen LogP contribution is -2.29. The summed E-state index contributed by atoms with van der Waals surface area (Å²) < 4.78 is 27.9. The van der Waals surface area contributed by atoms with E-state index in [1.54, 1.807) is 24.4 Å². The molecular formula is C18H18ClN3O2S. The monoisotopic (exact) mass is 375 g/mol. The Hall–Kier alpha value is -2.15. The molecule has 7 heteroatoms. The van der Waals surface area contributed by atoms with E-state index in [0.29, 0.717) is 12.2 Å². The molecule has 0 aliphatic carbocycles. The second-order valence-electron chi connectivity index (χ2n) is 5.56. The van der Waals surface area contributed by atoms with Crippen molar-refractivity contribution in [2.75, 3.05) is 0 Å². The van der Waals surface area contributed by atoms with E-state index in [9.17, 15) is 8.42 Å². The molecule has 0 saturated carbocycles. The number of rotatable bonds is 6. The zero-order valence-corrected chi connectivity index (χ0v) is 15.2. The van der Waals surface area contributed by atoms with Crippen LogP contribution in [0.3, 0.4) is 0 Å². The van der Waals surface area contributed by atoms with Crippen LogP contribution in [0.5, 0.6) is 0 Å². The number of nitrogens with one attached hydrogen (secondary N) is 2. The van der Waals surface area contributed by atoms with Gasteiger partial charge in [-0.15, -0.1) is 0 Å². The van der Waals surface area contributed by atoms with Crippen molar-refractivity contribution in [2.24, 2.45) is 0 Å². The van der Waals surface area contributed by atoms with E-state index in [1.807, 2.05) is 37.3 Å². The highest BCUT2D eigenvalue weighted by Crippen LogP contribution is 2.25. The van der Waals surface area contributed by atoms with Crippen LogP contribution in [0, 0.1) is 0 Å². The van der Waals surface area contributed by atoms with Crippen molar-refractivity contribution in [3.8, 4) is 11.3 Å². The van der Waals surface area contributed by atoms with Crippen LogP contribution in [0.2, 0.25) is 5.02 Å². The van der Waals surface area contributed by atoms with Gasteiger partial charge < -0.3 is 4.98 Å². The quantitative estimate of drug-likeness (QED) is 0.679. The smallest absolute Gasteiger partial charge is 0.242 e. The Morgan fingerprint density at radius 3 is 2.48 bits per heavy atom. The lowest BCUT2D eigenvalue weighted by atomic mass is 10.2. The van der Waals surface area contributed by atoms with Crippen molar-refractivity contribution in [1.29, 1.82) is 0 Å². The van der Waals surface area contributed by atoms with Gasteiger partial charge in [0.25, 0.3) is 0 Å². The van der Waals surface area contributed by atoms with Gasteiger partial charge in [-0.25, -0.2) is 18.1 Å². The van der Waals surface area contributed by atoms with Gasteiger partial charge in [-0.05, 0) is 24.1 Å². The zero-order valence-electron chi connectivity index (χ0n) is 13.6.